The zero-order valence-electron chi connectivity index (χ0n) is 18.0. The predicted molar refractivity (Wildman–Crippen MR) is 121 cm³/mol. The van der Waals surface area contributed by atoms with Crippen molar-refractivity contribution in [2.75, 3.05) is 0 Å². The van der Waals surface area contributed by atoms with E-state index in [4.69, 9.17) is 19.8 Å². The first-order chi connectivity index (χ1) is 15.1. The van der Waals surface area contributed by atoms with E-state index in [1.807, 2.05) is 49.0 Å². The molecule has 31 heavy (non-hydrogen) atoms. The molecule has 5 heteroatoms. The van der Waals surface area contributed by atoms with Crippen molar-refractivity contribution in [1.29, 1.82) is 0 Å². The Hall–Kier alpha value is -3.21. The lowest BCUT2D eigenvalue weighted by atomic mass is 9.68. The fourth-order valence-electron chi connectivity index (χ4n) is 5.49. The summed E-state index contributed by atoms with van der Waals surface area (Å²) < 4.78 is 7.75. The van der Waals surface area contributed by atoms with Crippen LogP contribution in [0.1, 0.15) is 50.7 Å². The summed E-state index contributed by atoms with van der Waals surface area (Å²) in [4.78, 5) is 9.97. The summed E-state index contributed by atoms with van der Waals surface area (Å²) in [6.07, 6.45) is 7.92. The molecule has 2 aromatic carbocycles. The predicted octanol–water partition coefficient (Wildman–Crippen LogP) is 5.61. The Balaban J connectivity index is 1.55. The third-order valence-corrected chi connectivity index (χ3v) is 6.74. The van der Waals surface area contributed by atoms with Crippen molar-refractivity contribution >= 4 is 5.65 Å². The van der Waals surface area contributed by atoms with Crippen LogP contribution < -0.4 is 4.74 Å². The fourth-order valence-corrected chi connectivity index (χ4v) is 5.49. The smallest absolute Gasteiger partial charge is 0.182 e. The highest BCUT2D eigenvalue weighted by atomic mass is 16.5. The van der Waals surface area contributed by atoms with E-state index >= 15 is 0 Å². The Kier molecular flexibility index (Phi) is 4.13. The molecule has 2 aliphatic carbocycles. The summed E-state index contributed by atoms with van der Waals surface area (Å²) in [7, 11) is 0. The molecular weight excluding hydrogens is 384 g/mol. The first-order valence-corrected chi connectivity index (χ1v) is 11.2. The van der Waals surface area contributed by atoms with Crippen LogP contribution >= 0.6 is 0 Å². The lowest BCUT2D eigenvalue weighted by Crippen LogP contribution is -2.31. The quantitative estimate of drug-likeness (QED) is 0.440. The summed E-state index contributed by atoms with van der Waals surface area (Å²) in [5.41, 5.74) is 7.07. The highest BCUT2D eigenvalue weighted by Crippen LogP contribution is 2.52. The average molecular weight is 411 g/mol. The molecule has 0 aliphatic heterocycles. The van der Waals surface area contributed by atoms with E-state index in [0.29, 0.717) is 0 Å². The first-order valence-electron chi connectivity index (χ1n) is 11.2. The standard InChI is InChI=1S/C26H26N4O/c1-17(2)31-20-10-7-9-18(14-20)24-28-25-22-23(27-16-30(25)29-24)21-11-4-3-8-19(21)15-26(22)12-5-6-13-26/h3-4,7-11,14,16-17H,5-6,12-13,15H2,1-2H3. The molecular formula is C26H26N4O. The minimum absolute atomic E-state index is 0.117. The van der Waals surface area contributed by atoms with Crippen molar-refractivity contribution in [3.63, 3.8) is 0 Å². The third kappa shape index (κ3) is 2.94. The van der Waals surface area contributed by atoms with E-state index in [2.05, 4.69) is 24.3 Å². The molecule has 0 atom stereocenters. The second-order valence-electron chi connectivity index (χ2n) is 9.19. The van der Waals surface area contributed by atoms with Crippen molar-refractivity contribution in [2.45, 2.75) is 57.5 Å². The maximum atomic E-state index is 5.88. The minimum Gasteiger partial charge on any atom is -0.491 e. The van der Waals surface area contributed by atoms with Gasteiger partial charge < -0.3 is 4.74 Å². The molecule has 2 aromatic heterocycles. The zero-order valence-corrected chi connectivity index (χ0v) is 18.0. The molecule has 156 valence electrons. The van der Waals surface area contributed by atoms with Crippen molar-refractivity contribution in [1.82, 2.24) is 19.6 Å². The monoisotopic (exact) mass is 410 g/mol. The van der Waals surface area contributed by atoms with Gasteiger partial charge in [0.25, 0.3) is 0 Å². The summed E-state index contributed by atoms with van der Waals surface area (Å²) in [6.45, 7) is 4.07. The number of nitrogens with zero attached hydrogens (tertiary/aromatic N) is 4. The van der Waals surface area contributed by atoms with Gasteiger partial charge in [0.1, 0.15) is 12.1 Å². The van der Waals surface area contributed by atoms with Crippen molar-refractivity contribution in [3.8, 4) is 28.4 Å². The molecule has 4 aromatic rings. The van der Waals surface area contributed by atoms with E-state index in [9.17, 15) is 0 Å². The van der Waals surface area contributed by atoms with Crippen LogP contribution in [-0.4, -0.2) is 25.7 Å². The van der Waals surface area contributed by atoms with Crippen LogP contribution in [0.2, 0.25) is 0 Å². The number of aromatic nitrogens is 4. The van der Waals surface area contributed by atoms with Gasteiger partial charge in [-0.25, -0.2) is 14.5 Å². The van der Waals surface area contributed by atoms with Crippen LogP contribution in [-0.2, 0) is 11.8 Å². The molecule has 6 rings (SSSR count). The molecule has 1 saturated carbocycles. The topological polar surface area (TPSA) is 52.3 Å². The summed E-state index contributed by atoms with van der Waals surface area (Å²) >= 11 is 0. The van der Waals surface area contributed by atoms with E-state index < -0.39 is 0 Å². The molecule has 5 nitrogen and oxygen atoms in total. The Labute approximate surface area is 182 Å². The molecule has 0 radical (unpaired) electrons. The third-order valence-electron chi connectivity index (χ3n) is 6.74. The van der Waals surface area contributed by atoms with Gasteiger partial charge in [0.2, 0.25) is 0 Å². The average Bonchev–Trinajstić information content (AvgIpc) is 3.41. The summed E-state index contributed by atoms with van der Waals surface area (Å²) in [5.74, 6) is 1.56. The number of fused-ring (bicyclic) bond motifs is 6. The zero-order chi connectivity index (χ0) is 21.0. The van der Waals surface area contributed by atoms with Gasteiger partial charge in [-0.15, -0.1) is 5.10 Å². The van der Waals surface area contributed by atoms with Gasteiger partial charge >= 0.3 is 0 Å². The number of benzene rings is 2. The van der Waals surface area contributed by atoms with Crippen LogP contribution in [0.5, 0.6) is 5.75 Å². The van der Waals surface area contributed by atoms with Gasteiger partial charge in [-0.05, 0) is 50.8 Å². The van der Waals surface area contributed by atoms with Crippen LogP contribution in [0.4, 0.5) is 0 Å². The maximum Gasteiger partial charge on any atom is 0.182 e. The van der Waals surface area contributed by atoms with Crippen LogP contribution in [0.3, 0.4) is 0 Å². The van der Waals surface area contributed by atoms with E-state index in [1.54, 1.807) is 0 Å². The second-order valence-corrected chi connectivity index (χ2v) is 9.19. The summed E-state index contributed by atoms with van der Waals surface area (Å²) in [6, 6.07) is 16.8. The summed E-state index contributed by atoms with van der Waals surface area (Å²) in [5, 5.41) is 4.81. The van der Waals surface area contributed by atoms with Gasteiger partial charge in [-0.2, -0.15) is 0 Å². The van der Waals surface area contributed by atoms with Crippen molar-refractivity contribution in [3.05, 3.63) is 66.0 Å². The van der Waals surface area contributed by atoms with E-state index in [0.717, 1.165) is 34.9 Å². The molecule has 1 spiro atoms. The Morgan fingerprint density at radius 3 is 2.71 bits per heavy atom. The van der Waals surface area contributed by atoms with E-state index in [-0.39, 0.29) is 11.5 Å². The minimum atomic E-state index is 0.117. The van der Waals surface area contributed by atoms with Gasteiger partial charge in [0.15, 0.2) is 11.5 Å². The van der Waals surface area contributed by atoms with Crippen LogP contribution in [0, 0.1) is 0 Å². The normalized spacial score (nSPS) is 16.6. The number of hydrogen-bond donors (Lipinski definition) is 0. The Morgan fingerprint density at radius 1 is 1.03 bits per heavy atom. The first kappa shape index (κ1) is 18.6. The fraction of sp³-hybridized carbons (Fsp3) is 0.346. The molecule has 0 unspecified atom stereocenters. The molecule has 0 bridgehead atoms. The molecule has 1 fully saturated rings. The molecule has 0 saturated heterocycles. The van der Waals surface area contributed by atoms with Crippen LogP contribution in [0.25, 0.3) is 28.3 Å². The van der Waals surface area contributed by atoms with Gasteiger partial charge in [0.05, 0.1) is 11.8 Å². The van der Waals surface area contributed by atoms with Crippen molar-refractivity contribution < 1.29 is 4.74 Å². The van der Waals surface area contributed by atoms with E-state index in [1.165, 1.54) is 42.4 Å². The molecule has 2 aliphatic rings. The highest BCUT2D eigenvalue weighted by Gasteiger charge is 2.43. The Bertz CT molecular complexity index is 1280. The Morgan fingerprint density at radius 2 is 1.87 bits per heavy atom. The SMILES string of the molecule is CC(C)Oc1cccc(-c2nc3c4c(ncn3n2)-c2ccccc2CC42CCCC2)c1. The van der Waals surface area contributed by atoms with Crippen LogP contribution in [0.15, 0.2) is 54.9 Å². The van der Waals surface area contributed by atoms with Crippen molar-refractivity contribution in [2.24, 2.45) is 0 Å². The number of hydrogen-bond acceptors (Lipinski definition) is 4. The molecule has 0 amide bonds. The maximum absolute atomic E-state index is 5.88. The molecule has 0 N–H and O–H groups in total. The highest BCUT2D eigenvalue weighted by molar-refractivity contribution is 5.78. The lowest BCUT2D eigenvalue weighted by Gasteiger charge is -2.36. The second kappa shape index (κ2) is 6.91. The van der Waals surface area contributed by atoms with Gasteiger partial charge in [-0.1, -0.05) is 49.2 Å². The number of ether oxygens (including phenoxy) is 1. The molecule has 2 heterocycles. The van der Waals surface area contributed by atoms with Gasteiger partial charge in [-0.3, -0.25) is 0 Å². The largest absolute Gasteiger partial charge is 0.491 e. The van der Waals surface area contributed by atoms with Gasteiger partial charge in [0, 0.05) is 22.1 Å². The number of rotatable bonds is 3. The lowest BCUT2D eigenvalue weighted by molar-refractivity contribution is 0.242.